The van der Waals surface area contributed by atoms with E-state index in [-0.39, 0.29) is 5.56 Å². The lowest BCUT2D eigenvalue weighted by atomic mass is 10.0. The molecule has 3 rings (SSSR count). The van der Waals surface area contributed by atoms with Crippen LogP contribution in [0.2, 0.25) is 0 Å². The normalized spacial score (nSPS) is 19.5. The Kier molecular flexibility index (Phi) is 3.74. The predicted molar refractivity (Wildman–Crippen MR) is 84.8 cm³/mol. The molecular weight excluding hydrogens is 278 g/mol. The number of halogens is 2. The van der Waals surface area contributed by atoms with Crippen LogP contribution in [0.25, 0.3) is 0 Å². The highest BCUT2D eigenvalue weighted by Gasteiger charge is 2.34. The van der Waals surface area contributed by atoms with Crippen LogP contribution in [0.4, 0.5) is 8.78 Å². The van der Waals surface area contributed by atoms with Crippen LogP contribution in [-0.2, 0) is 0 Å². The number of rotatable bonds is 1. The molecule has 2 unspecified atom stereocenters. The van der Waals surface area contributed by atoms with E-state index in [2.05, 4.69) is 31.8 Å². The molecule has 2 aromatic carbocycles. The van der Waals surface area contributed by atoms with Gasteiger partial charge >= 0.3 is 0 Å². The van der Waals surface area contributed by atoms with Crippen molar-refractivity contribution in [2.45, 2.75) is 33.1 Å². The third kappa shape index (κ3) is 2.90. The first kappa shape index (κ1) is 14.8. The van der Waals surface area contributed by atoms with Gasteiger partial charge in [0.1, 0.15) is 11.6 Å². The monoisotopic (exact) mass is 296 g/mol. The Morgan fingerprint density at radius 1 is 1.00 bits per heavy atom. The zero-order valence-corrected chi connectivity index (χ0v) is 13.0. The van der Waals surface area contributed by atoms with Crippen LogP contribution in [0.5, 0.6) is 0 Å². The highest BCUT2D eigenvalue weighted by Crippen LogP contribution is 2.47. The maximum Gasteiger partial charge on any atom is 0.142 e. The van der Waals surface area contributed by atoms with Crippen LogP contribution in [0.3, 0.4) is 0 Å². The Bertz CT molecular complexity index is 770. The van der Waals surface area contributed by atoms with Crippen molar-refractivity contribution in [2.75, 3.05) is 0 Å². The second-order valence-electron chi connectivity index (χ2n) is 6.24. The molecule has 1 aliphatic rings. The summed E-state index contributed by atoms with van der Waals surface area (Å²) in [6.45, 7) is 5.98. The standard InChI is InChI=1S/C20H18F2/c1-12-8-19(21)17(20(22)9-12)7-5-15-4-6-16(13(2)10-15)18-11-14(18)3/h4,6,8-10,14,18H,11H2,1-3H3. The Balaban J connectivity index is 1.90. The molecule has 0 saturated heterocycles. The Hall–Kier alpha value is -2.14. The third-order valence-corrected chi connectivity index (χ3v) is 4.30. The summed E-state index contributed by atoms with van der Waals surface area (Å²) < 4.78 is 27.5. The Morgan fingerprint density at radius 3 is 2.18 bits per heavy atom. The number of hydrogen-bond donors (Lipinski definition) is 0. The van der Waals surface area contributed by atoms with Crippen molar-refractivity contribution in [3.05, 3.63) is 69.8 Å². The van der Waals surface area contributed by atoms with E-state index in [1.54, 1.807) is 6.92 Å². The van der Waals surface area contributed by atoms with Crippen molar-refractivity contribution in [3.8, 4) is 11.8 Å². The van der Waals surface area contributed by atoms with E-state index < -0.39 is 11.6 Å². The molecule has 112 valence electrons. The van der Waals surface area contributed by atoms with Gasteiger partial charge in [-0.05, 0) is 73.1 Å². The second kappa shape index (κ2) is 5.57. The molecule has 22 heavy (non-hydrogen) atoms. The summed E-state index contributed by atoms with van der Waals surface area (Å²) in [5.74, 6) is 5.70. The highest BCUT2D eigenvalue weighted by molar-refractivity contribution is 5.48. The van der Waals surface area contributed by atoms with Crippen LogP contribution >= 0.6 is 0 Å². The molecule has 1 aliphatic carbocycles. The van der Waals surface area contributed by atoms with Crippen molar-refractivity contribution >= 4 is 0 Å². The lowest BCUT2D eigenvalue weighted by molar-refractivity contribution is 0.575. The fourth-order valence-electron chi connectivity index (χ4n) is 2.88. The Labute approximate surface area is 130 Å². The minimum Gasteiger partial charge on any atom is -0.206 e. The van der Waals surface area contributed by atoms with Gasteiger partial charge in [0.25, 0.3) is 0 Å². The van der Waals surface area contributed by atoms with Crippen molar-refractivity contribution in [1.29, 1.82) is 0 Å². The molecule has 1 saturated carbocycles. The topological polar surface area (TPSA) is 0 Å². The van der Waals surface area contributed by atoms with E-state index in [0.717, 1.165) is 11.5 Å². The molecule has 0 nitrogen and oxygen atoms in total. The number of hydrogen-bond acceptors (Lipinski definition) is 0. The predicted octanol–water partition coefficient (Wildman–Crippen LogP) is 5.10. The largest absolute Gasteiger partial charge is 0.206 e. The zero-order chi connectivity index (χ0) is 15.9. The minimum atomic E-state index is -0.606. The zero-order valence-electron chi connectivity index (χ0n) is 13.0. The van der Waals surface area contributed by atoms with E-state index in [4.69, 9.17) is 0 Å². The van der Waals surface area contributed by atoms with Gasteiger partial charge in [-0.1, -0.05) is 24.8 Å². The molecule has 0 bridgehead atoms. The van der Waals surface area contributed by atoms with Crippen molar-refractivity contribution in [1.82, 2.24) is 0 Å². The summed E-state index contributed by atoms with van der Waals surface area (Å²) in [5.41, 5.74) is 3.74. The molecule has 2 heteroatoms. The molecule has 0 N–H and O–H groups in total. The van der Waals surface area contributed by atoms with Gasteiger partial charge in [0, 0.05) is 5.56 Å². The van der Waals surface area contributed by atoms with Crippen LogP contribution in [0.1, 0.15) is 47.1 Å². The molecule has 1 fully saturated rings. The van der Waals surface area contributed by atoms with Gasteiger partial charge in [0.15, 0.2) is 0 Å². The van der Waals surface area contributed by atoms with E-state index in [1.807, 2.05) is 12.1 Å². The van der Waals surface area contributed by atoms with E-state index in [9.17, 15) is 8.78 Å². The van der Waals surface area contributed by atoms with Crippen molar-refractivity contribution in [2.24, 2.45) is 5.92 Å². The Morgan fingerprint density at radius 2 is 1.64 bits per heavy atom. The first-order valence-corrected chi connectivity index (χ1v) is 7.54. The summed E-state index contributed by atoms with van der Waals surface area (Å²) in [6.07, 6.45) is 1.24. The number of benzene rings is 2. The molecule has 0 radical (unpaired) electrons. The van der Waals surface area contributed by atoms with E-state index in [1.165, 1.54) is 29.7 Å². The van der Waals surface area contributed by atoms with Gasteiger partial charge < -0.3 is 0 Å². The summed E-state index contributed by atoms with van der Waals surface area (Å²) >= 11 is 0. The molecule has 0 amide bonds. The van der Waals surface area contributed by atoms with Crippen molar-refractivity contribution in [3.63, 3.8) is 0 Å². The molecule has 0 aromatic heterocycles. The van der Waals surface area contributed by atoms with Crippen LogP contribution < -0.4 is 0 Å². The summed E-state index contributed by atoms with van der Waals surface area (Å²) in [5, 5.41) is 0. The quantitative estimate of drug-likeness (QED) is 0.642. The van der Waals surface area contributed by atoms with Gasteiger partial charge in [-0.2, -0.15) is 0 Å². The fraction of sp³-hybridized carbons (Fsp3) is 0.300. The van der Waals surface area contributed by atoms with E-state index >= 15 is 0 Å². The summed E-state index contributed by atoms with van der Waals surface area (Å²) in [4.78, 5) is 0. The SMILES string of the molecule is Cc1cc(F)c(C#Cc2ccc(C3CC3C)c(C)c2)c(F)c1. The summed E-state index contributed by atoms with van der Waals surface area (Å²) in [6, 6.07) is 8.63. The van der Waals surface area contributed by atoms with E-state index in [0.29, 0.717) is 11.5 Å². The highest BCUT2D eigenvalue weighted by atomic mass is 19.1. The maximum atomic E-state index is 13.8. The molecule has 2 aromatic rings. The fourth-order valence-corrected chi connectivity index (χ4v) is 2.88. The molecular formula is C20H18F2. The average Bonchev–Trinajstić information content (AvgIpc) is 3.14. The van der Waals surface area contributed by atoms with Gasteiger partial charge in [0.2, 0.25) is 0 Å². The number of aryl methyl sites for hydroxylation is 2. The van der Waals surface area contributed by atoms with Crippen LogP contribution in [0.15, 0.2) is 30.3 Å². The smallest absolute Gasteiger partial charge is 0.142 e. The van der Waals surface area contributed by atoms with Crippen LogP contribution in [0, 0.1) is 43.2 Å². The first-order valence-electron chi connectivity index (χ1n) is 7.54. The molecule has 2 atom stereocenters. The maximum absolute atomic E-state index is 13.8. The van der Waals surface area contributed by atoms with Gasteiger partial charge in [-0.3, -0.25) is 0 Å². The first-order chi connectivity index (χ1) is 10.5. The minimum absolute atomic E-state index is 0.164. The third-order valence-electron chi connectivity index (χ3n) is 4.30. The van der Waals surface area contributed by atoms with Crippen molar-refractivity contribution < 1.29 is 8.78 Å². The van der Waals surface area contributed by atoms with Gasteiger partial charge in [-0.25, -0.2) is 8.78 Å². The lowest BCUT2D eigenvalue weighted by Crippen LogP contribution is -1.92. The van der Waals surface area contributed by atoms with Crippen LogP contribution in [-0.4, -0.2) is 0 Å². The second-order valence-corrected chi connectivity index (χ2v) is 6.24. The summed E-state index contributed by atoms with van der Waals surface area (Å²) in [7, 11) is 0. The van der Waals surface area contributed by atoms with Gasteiger partial charge in [0.05, 0.1) is 5.56 Å². The average molecular weight is 296 g/mol. The lowest BCUT2D eigenvalue weighted by Gasteiger charge is -2.05. The molecule has 0 heterocycles. The molecule has 0 spiro atoms. The molecule has 0 aliphatic heterocycles. The van der Waals surface area contributed by atoms with Gasteiger partial charge in [-0.15, -0.1) is 0 Å².